The van der Waals surface area contributed by atoms with Crippen molar-refractivity contribution in [2.24, 2.45) is 0 Å². The van der Waals surface area contributed by atoms with E-state index < -0.39 is 5.97 Å². The fourth-order valence-electron chi connectivity index (χ4n) is 1.83. The summed E-state index contributed by atoms with van der Waals surface area (Å²) in [5.41, 5.74) is 0. The van der Waals surface area contributed by atoms with E-state index in [9.17, 15) is 4.79 Å². The Balaban J connectivity index is 2.20. The first-order chi connectivity index (χ1) is 9.65. The van der Waals surface area contributed by atoms with Crippen molar-refractivity contribution in [2.75, 3.05) is 33.4 Å². The number of rotatable bonds is 10. The minimum absolute atomic E-state index is 0.188. The molecule has 0 aliphatic carbocycles. The van der Waals surface area contributed by atoms with Crippen LogP contribution in [0.1, 0.15) is 19.8 Å². The van der Waals surface area contributed by atoms with Crippen molar-refractivity contribution in [2.45, 2.75) is 19.8 Å². The number of hydrogen-bond donors (Lipinski definition) is 1. The predicted molar refractivity (Wildman–Crippen MR) is 77.5 cm³/mol. The second-order valence-electron chi connectivity index (χ2n) is 4.46. The highest BCUT2D eigenvalue weighted by molar-refractivity contribution is 5.66. The Morgan fingerprint density at radius 2 is 1.85 bits per heavy atom. The van der Waals surface area contributed by atoms with Gasteiger partial charge in [0.15, 0.2) is 0 Å². The van der Waals surface area contributed by atoms with Gasteiger partial charge in [-0.3, -0.25) is 4.79 Å². The Hall–Kier alpha value is -1.75. The van der Waals surface area contributed by atoms with Crippen LogP contribution in [-0.2, 0) is 4.79 Å². The molecule has 0 saturated carbocycles. The molecule has 1 aromatic carbocycles. The van der Waals surface area contributed by atoms with Crippen LogP contribution in [0.5, 0.6) is 11.5 Å². The number of aliphatic carboxylic acids is 1. The summed E-state index contributed by atoms with van der Waals surface area (Å²) in [6.45, 7) is 4.95. The molecule has 1 aromatic rings. The average molecular weight is 281 g/mol. The first kappa shape index (κ1) is 16.3. The molecule has 1 N–H and O–H groups in total. The van der Waals surface area contributed by atoms with Crippen LogP contribution >= 0.6 is 0 Å². The largest absolute Gasteiger partial charge is 0.497 e. The van der Waals surface area contributed by atoms with Crippen molar-refractivity contribution in [1.82, 2.24) is 4.90 Å². The van der Waals surface area contributed by atoms with Crippen LogP contribution in [0.2, 0.25) is 0 Å². The highest BCUT2D eigenvalue weighted by Crippen LogP contribution is 2.17. The molecule has 5 nitrogen and oxygen atoms in total. The number of ether oxygens (including phenoxy) is 2. The second kappa shape index (κ2) is 9.20. The third-order valence-electron chi connectivity index (χ3n) is 3.04. The summed E-state index contributed by atoms with van der Waals surface area (Å²) in [6.07, 6.45) is 1.06. The Morgan fingerprint density at radius 3 is 2.40 bits per heavy atom. The molecular weight excluding hydrogens is 258 g/mol. The molecule has 0 aliphatic heterocycles. The molecule has 20 heavy (non-hydrogen) atoms. The lowest BCUT2D eigenvalue weighted by atomic mass is 10.3. The highest BCUT2D eigenvalue weighted by atomic mass is 16.5. The fraction of sp³-hybridized carbons (Fsp3) is 0.533. The van der Waals surface area contributed by atoms with Gasteiger partial charge in [-0.2, -0.15) is 0 Å². The zero-order chi connectivity index (χ0) is 14.8. The van der Waals surface area contributed by atoms with Crippen molar-refractivity contribution in [1.29, 1.82) is 0 Å². The molecule has 0 saturated heterocycles. The van der Waals surface area contributed by atoms with Gasteiger partial charge in [-0.15, -0.1) is 0 Å². The van der Waals surface area contributed by atoms with E-state index in [1.54, 1.807) is 7.11 Å². The van der Waals surface area contributed by atoms with Gasteiger partial charge >= 0.3 is 5.97 Å². The van der Waals surface area contributed by atoms with E-state index in [4.69, 9.17) is 14.6 Å². The molecule has 0 atom stereocenters. The van der Waals surface area contributed by atoms with Crippen LogP contribution < -0.4 is 9.47 Å². The molecule has 0 amide bonds. The van der Waals surface area contributed by atoms with Gasteiger partial charge in [0.05, 0.1) is 20.1 Å². The number of carboxylic acid groups (broad SMARTS) is 1. The summed E-state index contributed by atoms with van der Waals surface area (Å²) >= 11 is 0. The quantitative estimate of drug-likeness (QED) is 0.667. The van der Waals surface area contributed by atoms with E-state index in [2.05, 4.69) is 4.90 Å². The average Bonchev–Trinajstić information content (AvgIpc) is 2.47. The van der Waals surface area contributed by atoms with Crippen LogP contribution in [-0.4, -0.2) is 49.3 Å². The van der Waals surface area contributed by atoms with E-state index in [0.29, 0.717) is 13.2 Å². The Labute approximate surface area is 120 Å². The molecule has 0 aromatic heterocycles. The van der Waals surface area contributed by atoms with E-state index in [-0.39, 0.29) is 6.42 Å². The van der Waals surface area contributed by atoms with Gasteiger partial charge in [0.1, 0.15) is 11.5 Å². The number of carbonyl (C=O) groups is 1. The van der Waals surface area contributed by atoms with Gasteiger partial charge in [-0.25, -0.2) is 0 Å². The summed E-state index contributed by atoms with van der Waals surface area (Å²) in [5, 5.41) is 8.66. The maximum absolute atomic E-state index is 10.5. The molecule has 0 heterocycles. The van der Waals surface area contributed by atoms with E-state index >= 15 is 0 Å². The predicted octanol–water partition coefficient (Wildman–Crippen LogP) is 2.26. The molecule has 0 unspecified atom stereocenters. The molecule has 5 heteroatoms. The van der Waals surface area contributed by atoms with Crippen LogP contribution in [0, 0.1) is 0 Å². The maximum atomic E-state index is 10.5. The fourth-order valence-corrected chi connectivity index (χ4v) is 1.83. The summed E-state index contributed by atoms with van der Waals surface area (Å²) < 4.78 is 10.7. The lowest BCUT2D eigenvalue weighted by Crippen LogP contribution is -2.28. The SMILES string of the molecule is CCN(CCCOc1ccc(OC)cc1)CCC(=O)O. The van der Waals surface area contributed by atoms with Crippen molar-refractivity contribution >= 4 is 5.97 Å². The van der Waals surface area contributed by atoms with E-state index in [0.717, 1.165) is 31.0 Å². The molecule has 0 fully saturated rings. The summed E-state index contributed by atoms with van der Waals surface area (Å²) in [7, 11) is 1.63. The third-order valence-corrected chi connectivity index (χ3v) is 3.04. The first-order valence-electron chi connectivity index (χ1n) is 6.86. The van der Waals surface area contributed by atoms with Crippen LogP contribution in [0.25, 0.3) is 0 Å². The first-order valence-corrected chi connectivity index (χ1v) is 6.86. The van der Waals surface area contributed by atoms with Gasteiger partial charge in [-0.05, 0) is 37.2 Å². The Morgan fingerprint density at radius 1 is 1.20 bits per heavy atom. The zero-order valence-electron chi connectivity index (χ0n) is 12.2. The van der Waals surface area contributed by atoms with E-state index in [1.165, 1.54) is 0 Å². The van der Waals surface area contributed by atoms with E-state index in [1.807, 2.05) is 31.2 Å². The van der Waals surface area contributed by atoms with Crippen molar-refractivity contribution < 1.29 is 19.4 Å². The molecule has 0 radical (unpaired) electrons. The van der Waals surface area contributed by atoms with Crippen molar-refractivity contribution in [3.8, 4) is 11.5 Å². The summed E-state index contributed by atoms with van der Waals surface area (Å²) in [5.74, 6) is 0.875. The number of hydrogen-bond acceptors (Lipinski definition) is 4. The van der Waals surface area contributed by atoms with Gasteiger partial charge in [-0.1, -0.05) is 6.92 Å². The summed E-state index contributed by atoms with van der Waals surface area (Å²) in [4.78, 5) is 12.6. The second-order valence-corrected chi connectivity index (χ2v) is 4.46. The number of benzene rings is 1. The van der Waals surface area contributed by atoms with Gasteiger partial charge in [0.25, 0.3) is 0 Å². The topological polar surface area (TPSA) is 59.0 Å². The van der Waals surface area contributed by atoms with Crippen LogP contribution in [0.4, 0.5) is 0 Å². The van der Waals surface area contributed by atoms with Crippen LogP contribution in [0.15, 0.2) is 24.3 Å². The molecule has 0 bridgehead atoms. The van der Waals surface area contributed by atoms with Crippen molar-refractivity contribution in [3.05, 3.63) is 24.3 Å². The molecule has 0 spiro atoms. The van der Waals surface area contributed by atoms with Gasteiger partial charge in [0, 0.05) is 13.1 Å². The maximum Gasteiger partial charge on any atom is 0.304 e. The van der Waals surface area contributed by atoms with Crippen molar-refractivity contribution in [3.63, 3.8) is 0 Å². The minimum Gasteiger partial charge on any atom is -0.497 e. The third kappa shape index (κ3) is 6.43. The lowest BCUT2D eigenvalue weighted by molar-refractivity contribution is -0.137. The Kier molecular flexibility index (Phi) is 7.50. The molecule has 112 valence electrons. The smallest absolute Gasteiger partial charge is 0.304 e. The van der Waals surface area contributed by atoms with Crippen LogP contribution in [0.3, 0.4) is 0 Å². The van der Waals surface area contributed by atoms with Gasteiger partial charge in [0.2, 0.25) is 0 Å². The zero-order valence-corrected chi connectivity index (χ0v) is 12.2. The highest BCUT2D eigenvalue weighted by Gasteiger charge is 2.05. The normalized spacial score (nSPS) is 10.6. The molecule has 0 aliphatic rings. The lowest BCUT2D eigenvalue weighted by Gasteiger charge is -2.19. The number of nitrogens with zero attached hydrogens (tertiary/aromatic N) is 1. The Bertz CT molecular complexity index is 391. The monoisotopic (exact) mass is 281 g/mol. The van der Waals surface area contributed by atoms with Gasteiger partial charge < -0.3 is 19.5 Å². The number of methoxy groups -OCH3 is 1. The summed E-state index contributed by atoms with van der Waals surface area (Å²) in [6, 6.07) is 7.47. The molecule has 1 rings (SSSR count). The minimum atomic E-state index is -0.752. The number of carboxylic acids is 1. The molecular formula is C15H23NO4. The standard InChI is InChI=1S/C15H23NO4/c1-3-16(11-9-15(17)18)10-4-12-20-14-7-5-13(19-2)6-8-14/h5-8H,3-4,9-12H2,1-2H3,(H,17,18).